The molecule has 0 aliphatic heterocycles. The molecule has 0 aliphatic carbocycles. The molecule has 0 fully saturated rings. The predicted molar refractivity (Wildman–Crippen MR) is 104 cm³/mol. The third-order valence-corrected chi connectivity index (χ3v) is 4.92. The van der Waals surface area contributed by atoms with E-state index in [1.54, 1.807) is 6.92 Å². The summed E-state index contributed by atoms with van der Waals surface area (Å²) in [5.41, 5.74) is 1.08. The number of aromatic nitrogens is 2. The van der Waals surface area contributed by atoms with E-state index in [0.717, 1.165) is 17.3 Å². The highest BCUT2D eigenvalue weighted by atomic mass is 32.2. The van der Waals surface area contributed by atoms with Gasteiger partial charge in [-0.25, -0.2) is 4.98 Å². The summed E-state index contributed by atoms with van der Waals surface area (Å²) in [6, 6.07) is 11.2. The lowest BCUT2D eigenvalue weighted by Crippen LogP contribution is -2.33. The molecule has 2 aromatic rings. The number of benzene rings is 1. The molecule has 1 aromatic carbocycles. The van der Waals surface area contributed by atoms with Gasteiger partial charge in [-0.3, -0.25) is 14.4 Å². The van der Waals surface area contributed by atoms with Crippen LogP contribution < -0.4 is 10.9 Å². The van der Waals surface area contributed by atoms with Crippen molar-refractivity contribution in [1.29, 1.82) is 0 Å². The number of carbonyl (C=O) groups is 2. The van der Waals surface area contributed by atoms with Crippen molar-refractivity contribution in [3.05, 3.63) is 58.0 Å². The van der Waals surface area contributed by atoms with E-state index >= 15 is 0 Å². The van der Waals surface area contributed by atoms with E-state index in [-0.39, 0.29) is 23.8 Å². The highest BCUT2D eigenvalue weighted by Crippen LogP contribution is 2.19. The smallest absolute Gasteiger partial charge is 0.311 e. The summed E-state index contributed by atoms with van der Waals surface area (Å²) in [5, 5.41) is 2.76. The van der Waals surface area contributed by atoms with E-state index in [0.29, 0.717) is 17.4 Å². The van der Waals surface area contributed by atoms with Gasteiger partial charge in [0.25, 0.3) is 5.56 Å². The van der Waals surface area contributed by atoms with Crippen molar-refractivity contribution in [2.24, 2.45) is 0 Å². The van der Waals surface area contributed by atoms with Crippen molar-refractivity contribution in [3.63, 3.8) is 0 Å². The fraction of sp³-hybridized carbons (Fsp3) is 0.368. The van der Waals surface area contributed by atoms with Gasteiger partial charge in [-0.1, -0.05) is 49.0 Å². The molecule has 0 saturated heterocycles. The fourth-order valence-electron chi connectivity index (χ4n) is 2.37. The zero-order chi connectivity index (χ0) is 19.8. The maximum atomic E-state index is 12.4. The van der Waals surface area contributed by atoms with Crippen LogP contribution in [0.3, 0.4) is 0 Å². The molecule has 1 heterocycles. The average Bonchev–Trinajstić information content (AvgIpc) is 2.65. The molecule has 2 rings (SSSR count). The predicted octanol–water partition coefficient (Wildman–Crippen LogP) is 1.89. The molecule has 1 aromatic heterocycles. The molecule has 2 N–H and O–H groups in total. The van der Waals surface area contributed by atoms with Crippen LogP contribution >= 0.6 is 11.8 Å². The number of methoxy groups -OCH3 is 1. The Morgan fingerprint density at radius 2 is 1.96 bits per heavy atom. The molecule has 0 unspecified atom stereocenters. The fourth-order valence-corrected chi connectivity index (χ4v) is 3.22. The Labute approximate surface area is 161 Å². The van der Waals surface area contributed by atoms with Crippen molar-refractivity contribution in [1.82, 2.24) is 15.3 Å². The lowest BCUT2D eigenvalue weighted by molar-refractivity contribution is -0.139. The van der Waals surface area contributed by atoms with E-state index in [1.807, 2.05) is 37.3 Å². The summed E-state index contributed by atoms with van der Waals surface area (Å²) in [4.78, 5) is 42.2. The number of carbonyl (C=O) groups excluding carboxylic acids is 2. The normalized spacial score (nSPS) is 12.9. The highest BCUT2D eigenvalue weighted by molar-refractivity contribution is 8.00. The second-order valence-electron chi connectivity index (χ2n) is 6.11. The molecular weight excluding hydrogens is 366 g/mol. The van der Waals surface area contributed by atoms with Gasteiger partial charge >= 0.3 is 5.97 Å². The Balaban J connectivity index is 1.93. The lowest BCUT2D eigenvalue weighted by Gasteiger charge is -2.16. The van der Waals surface area contributed by atoms with E-state index < -0.39 is 11.2 Å². The van der Waals surface area contributed by atoms with Gasteiger partial charge in [-0.15, -0.1) is 0 Å². The average molecular weight is 389 g/mol. The summed E-state index contributed by atoms with van der Waals surface area (Å²) in [6.07, 6.45) is -0.0941. The van der Waals surface area contributed by atoms with Crippen LogP contribution in [0, 0.1) is 0 Å². The molecule has 1 amide bonds. The van der Waals surface area contributed by atoms with Gasteiger partial charge in [0, 0.05) is 12.6 Å². The highest BCUT2D eigenvalue weighted by Gasteiger charge is 2.17. The van der Waals surface area contributed by atoms with Crippen LogP contribution in [0.15, 0.2) is 46.3 Å². The number of hydrogen-bond donors (Lipinski definition) is 2. The number of nitrogens with zero attached hydrogens (tertiary/aromatic N) is 1. The van der Waals surface area contributed by atoms with Gasteiger partial charge < -0.3 is 15.0 Å². The summed E-state index contributed by atoms with van der Waals surface area (Å²) < 4.78 is 4.58. The molecule has 0 bridgehead atoms. The topological polar surface area (TPSA) is 101 Å². The molecule has 0 radical (unpaired) electrons. The number of ether oxygens (including phenoxy) is 1. The maximum absolute atomic E-state index is 12.4. The summed E-state index contributed by atoms with van der Waals surface area (Å²) in [5.74, 6) is -0.442. The van der Waals surface area contributed by atoms with Crippen LogP contribution in [0.5, 0.6) is 0 Å². The monoisotopic (exact) mass is 389 g/mol. The number of esters is 1. The van der Waals surface area contributed by atoms with Crippen molar-refractivity contribution in [2.45, 2.75) is 36.6 Å². The molecule has 0 saturated carbocycles. The Bertz CT molecular complexity index is 838. The second-order valence-corrected chi connectivity index (χ2v) is 7.44. The minimum atomic E-state index is -0.482. The van der Waals surface area contributed by atoms with Gasteiger partial charge in [-0.2, -0.15) is 0 Å². The molecule has 0 aliphatic rings. The van der Waals surface area contributed by atoms with Gasteiger partial charge in [0.2, 0.25) is 5.91 Å². The van der Waals surface area contributed by atoms with Crippen LogP contribution in [0.4, 0.5) is 0 Å². The first-order chi connectivity index (χ1) is 12.9. The Morgan fingerprint density at radius 3 is 2.63 bits per heavy atom. The number of amides is 1. The first-order valence-electron chi connectivity index (χ1n) is 8.55. The molecule has 0 spiro atoms. The van der Waals surface area contributed by atoms with Gasteiger partial charge in [0.05, 0.1) is 24.5 Å². The number of hydrogen-bond acceptors (Lipinski definition) is 6. The quantitative estimate of drug-likeness (QED) is 0.406. The van der Waals surface area contributed by atoms with E-state index in [1.165, 1.54) is 13.2 Å². The van der Waals surface area contributed by atoms with E-state index in [9.17, 15) is 14.4 Å². The molecule has 2 atom stereocenters. The van der Waals surface area contributed by atoms with Crippen molar-refractivity contribution in [2.75, 3.05) is 13.7 Å². The van der Waals surface area contributed by atoms with Crippen LogP contribution in [0.25, 0.3) is 0 Å². The van der Waals surface area contributed by atoms with Crippen molar-refractivity contribution < 1.29 is 14.3 Å². The third-order valence-electron chi connectivity index (χ3n) is 3.93. The van der Waals surface area contributed by atoms with Gasteiger partial charge in [0.15, 0.2) is 5.16 Å². The number of rotatable bonds is 8. The van der Waals surface area contributed by atoms with Crippen LogP contribution in [0.1, 0.15) is 31.0 Å². The zero-order valence-electron chi connectivity index (χ0n) is 15.5. The maximum Gasteiger partial charge on any atom is 0.311 e. The summed E-state index contributed by atoms with van der Waals surface area (Å²) in [7, 11) is 1.27. The number of aromatic amines is 1. The van der Waals surface area contributed by atoms with Crippen LogP contribution in [-0.4, -0.2) is 40.7 Å². The Hall–Kier alpha value is -2.61. The first kappa shape index (κ1) is 20.7. The van der Waals surface area contributed by atoms with Gasteiger partial charge in [-0.05, 0) is 18.4 Å². The zero-order valence-corrected chi connectivity index (χ0v) is 16.3. The van der Waals surface area contributed by atoms with Crippen molar-refractivity contribution >= 4 is 23.6 Å². The first-order valence-corrected chi connectivity index (χ1v) is 9.43. The second kappa shape index (κ2) is 9.91. The largest absolute Gasteiger partial charge is 0.469 e. The van der Waals surface area contributed by atoms with Crippen LogP contribution in [0.2, 0.25) is 0 Å². The SMILES string of the molecule is COC(=O)Cc1cc(=O)[nH]c(S[C@H](C)C(=O)NC[C@H](C)c2ccccc2)n1. The summed E-state index contributed by atoms with van der Waals surface area (Å²) >= 11 is 1.13. The third kappa shape index (κ3) is 6.56. The lowest BCUT2D eigenvalue weighted by atomic mass is 10.0. The molecule has 8 heteroatoms. The van der Waals surface area contributed by atoms with Gasteiger partial charge in [0.1, 0.15) is 0 Å². The number of H-pyrrole nitrogens is 1. The minimum absolute atomic E-state index is 0.0941. The molecular formula is C19H23N3O4S. The number of thioether (sulfide) groups is 1. The molecule has 144 valence electrons. The number of nitrogens with one attached hydrogen (secondary N) is 2. The summed E-state index contributed by atoms with van der Waals surface area (Å²) in [6.45, 7) is 4.29. The molecule has 27 heavy (non-hydrogen) atoms. The standard InChI is InChI=1S/C19H23N3O4S/c1-12(14-7-5-4-6-8-14)11-20-18(25)13(2)27-19-21-15(9-16(23)22-19)10-17(24)26-3/h4-9,12-13H,10-11H2,1-3H3,(H,20,25)(H,21,22,23)/t12-,13+/m0/s1. The minimum Gasteiger partial charge on any atom is -0.469 e. The van der Waals surface area contributed by atoms with E-state index in [2.05, 4.69) is 20.0 Å². The Morgan fingerprint density at radius 1 is 1.26 bits per heavy atom. The van der Waals surface area contributed by atoms with E-state index in [4.69, 9.17) is 0 Å². The Kier molecular flexibility index (Phi) is 7.60. The van der Waals surface area contributed by atoms with Crippen LogP contribution in [-0.2, 0) is 20.7 Å². The van der Waals surface area contributed by atoms with Crippen molar-refractivity contribution in [3.8, 4) is 0 Å². The molecule has 7 nitrogen and oxygen atoms in total.